The number of ether oxygens (including phenoxy) is 1. The highest BCUT2D eigenvalue weighted by molar-refractivity contribution is 5.79. The minimum Gasteiger partial charge on any atom is -0.497 e. The van der Waals surface area contributed by atoms with Gasteiger partial charge >= 0.3 is 0 Å². The summed E-state index contributed by atoms with van der Waals surface area (Å²) in [5, 5.41) is 4.10. The molecule has 1 amide bonds. The first-order valence-electron chi connectivity index (χ1n) is 8.94. The summed E-state index contributed by atoms with van der Waals surface area (Å²) in [6.07, 6.45) is 0.388. The predicted molar refractivity (Wildman–Crippen MR) is 100 cm³/mol. The van der Waals surface area contributed by atoms with Gasteiger partial charge in [-0.1, -0.05) is 41.1 Å². The molecule has 0 radical (unpaired) electrons. The SMILES string of the molecule is COc1cccc(CN2CC(c3nc(-c4cccc(C)c4)no3)CC2=O)c1. The standard InChI is InChI=1S/C21H21N3O3/c1-14-5-3-7-16(9-14)20-22-21(27-23-20)17-11-19(25)24(13-17)12-15-6-4-8-18(10-15)26-2/h3-10,17H,11-13H2,1-2H3. The van der Waals surface area contributed by atoms with Gasteiger partial charge < -0.3 is 14.2 Å². The highest BCUT2D eigenvalue weighted by atomic mass is 16.5. The minimum absolute atomic E-state index is 0.0748. The first kappa shape index (κ1) is 17.3. The Balaban J connectivity index is 1.47. The average molecular weight is 363 g/mol. The third kappa shape index (κ3) is 3.69. The summed E-state index contributed by atoms with van der Waals surface area (Å²) in [5.74, 6) is 1.89. The number of aromatic nitrogens is 2. The molecule has 1 aromatic heterocycles. The molecule has 0 saturated carbocycles. The summed E-state index contributed by atoms with van der Waals surface area (Å²) in [6.45, 7) is 3.15. The quantitative estimate of drug-likeness (QED) is 0.693. The highest BCUT2D eigenvalue weighted by Crippen LogP contribution is 2.30. The molecule has 1 aliphatic rings. The molecular formula is C21H21N3O3. The molecule has 3 aromatic rings. The summed E-state index contributed by atoms with van der Waals surface area (Å²) in [4.78, 5) is 18.8. The van der Waals surface area contributed by atoms with E-state index in [4.69, 9.17) is 9.26 Å². The van der Waals surface area contributed by atoms with Crippen LogP contribution in [0.4, 0.5) is 0 Å². The Morgan fingerprint density at radius 3 is 2.89 bits per heavy atom. The van der Waals surface area contributed by atoms with Crippen LogP contribution >= 0.6 is 0 Å². The van der Waals surface area contributed by atoms with E-state index in [0.29, 0.717) is 31.2 Å². The number of hydrogen-bond donors (Lipinski definition) is 0. The number of benzene rings is 2. The van der Waals surface area contributed by atoms with Crippen LogP contribution < -0.4 is 4.74 Å². The van der Waals surface area contributed by atoms with E-state index >= 15 is 0 Å². The van der Waals surface area contributed by atoms with Crippen LogP contribution in [0.25, 0.3) is 11.4 Å². The van der Waals surface area contributed by atoms with Crippen LogP contribution in [-0.2, 0) is 11.3 Å². The molecule has 27 heavy (non-hydrogen) atoms. The zero-order chi connectivity index (χ0) is 18.8. The Labute approximate surface area is 157 Å². The fraction of sp³-hybridized carbons (Fsp3) is 0.286. The molecule has 1 atom stereocenters. The van der Waals surface area contributed by atoms with Crippen LogP contribution in [0.1, 0.15) is 29.4 Å². The van der Waals surface area contributed by atoms with E-state index < -0.39 is 0 Å². The summed E-state index contributed by atoms with van der Waals surface area (Å²) in [6, 6.07) is 15.7. The number of amides is 1. The lowest BCUT2D eigenvalue weighted by molar-refractivity contribution is -0.128. The largest absolute Gasteiger partial charge is 0.497 e. The molecule has 0 spiro atoms. The minimum atomic E-state index is -0.0748. The Morgan fingerprint density at radius 1 is 1.22 bits per heavy atom. The normalized spacial score (nSPS) is 16.7. The number of hydrogen-bond acceptors (Lipinski definition) is 5. The van der Waals surface area contributed by atoms with E-state index in [1.165, 1.54) is 0 Å². The maximum atomic E-state index is 12.4. The van der Waals surface area contributed by atoms with Crippen molar-refractivity contribution in [2.45, 2.75) is 25.8 Å². The van der Waals surface area contributed by atoms with Crippen molar-refractivity contribution in [1.29, 1.82) is 0 Å². The highest BCUT2D eigenvalue weighted by Gasteiger charge is 2.34. The van der Waals surface area contributed by atoms with Gasteiger partial charge in [0.1, 0.15) is 5.75 Å². The second-order valence-electron chi connectivity index (χ2n) is 6.85. The molecule has 1 unspecified atom stereocenters. The van der Waals surface area contributed by atoms with Gasteiger partial charge in [-0.2, -0.15) is 4.98 Å². The predicted octanol–water partition coefficient (Wildman–Crippen LogP) is 3.57. The van der Waals surface area contributed by atoms with Gasteiger partial charge in [-0.3, -0.25) is 4.79 Å². The van der Waals surface area contributed by atoms with Crippen LogP contribution in [-0.4, -0.2) is 34.6 Å². The maximum Gasteiger partial charge on any atom is 0.232 e. The summed E-state index contributed by atoms with van der Waals surface area (Å²) in [7, 11) is 1.64. The lowest BCUT2D eigenvalue weighted by atomic mass is 10.1. The van der Waals surface area contributed by atoms with E-state index in [1.54, 1.807) is 7.11 Å². The molecule has 1 saturated heterocycles. The zero-order valence-electron chi connectivity index (χ0n) is 15.4. The Bertz CT molecular complexity index is 967. The van der Waals surface area contributed by atoms with Crippen LogP contribution in [0.2, 0.25) is 0 Å². The van der Waals surface area contributed by atoms with Crippen molar-refractivity contribution in [3.8, 4) is 17.1 Å². The third-order valence-corrected chi connectivity index (χ3v) is 4.79. The molecule has 0 bridgehead atoms. The molecule has 138 valence electrons. The molecule has 1 fully saturated rings. The lowest BCUT2D eigenvalue weighted by Crippen LogP contribution is -2.24. The van der Waals surface area contributed by atoms with Gasteiger partial charge in [-0.05, 0) is 30.7 Å². The first-order chi connectivity index (χ1) is 13.1. The number of carbonyl (C=O) groups is 1. The topological polar surface area (TPSA) is 68.5 Å². The van der Waals surface area contributed by atoms with Crippen molar-refractivity contribution < 1.29 is 14.1 Å². The maximum absolute atomic E-state index is 12.4. The summed E-state index contributed by atoms with van der Waals surface area (Å²) >= 11 is 0. The van der Waals surface area contributed by atoms with Crippen molar-refractivity contribution in [2.75, 3.05) is 13.7 Å². The van der Waals surface area contributed by atoms with E-state index in [9.17, 15) is 4.79 Å². The van der Waals surface area contributed by atoms with E-state index in [2.05, 4.69) is 10.1 Å². The molecule has 4 rings (SSSR count). The monoisotopic (exact) mass is 363 g/mol. The molecule has 0 N–H and O–H groups in total. The fourth-order valence-electron chi connectivity index (χ4n) is 3.38. The number of carbonyl (C=O) groups excluding carboxylic acids is 1. The Morgan fingerprint density at radius 2 is 2.07 bits per heavy atom. The van der Waals surface area contributed by atoms with Crippen LogP contribution in [0.3, 0.4) is 0 Å². The molecular weight excluding hydrogens is 342 g/mol. The Kier molecular flexibility index (Phi) is 4.62. The summed E-state index contributed by atoms with van der Waals surface area (Å²) in [5.41, 5.74) is 3.09. The van der Waals surface area contributed by atoms with Gasteiger partial charge in [0, 0.05) is 25.1 Å². The molecule has 6 heteroatoms. The second-order valence-corrected chi connectivity index (χ2v) is 6.85. The molecule has 0 aliphatic carbocycles. The molecule has 1 aliphatic heterocycles. The van der Waals surface area contributed by atoms with Crippen molar-refractivity contribution in [1.82, 2.24) is 15.0 Å². The second kappa shape index (κ2) is 7.23. The van der Waals surface area contributed by atoms with Gasteiger partial charge in [0.25, 0.3) is 0 Å². The van der Waals surface area contributed by atoms with Crippen molar-refractivity contribution in [3.05, 3.63) is 65.5 Å². The molecule has 2 heterocycles. The number of rotatable bonds is 5. The molecule has 6 nitrogen and oxygen atoms in total. The zero-order valence-corrected chi connectivity index (χ0v) is 15.4. The smallest absolute Gasteiger partial charge is 0.232 e. The van der Waals surface area contributed by atoms with E-state index in [0.717, 1.165) is 22.4 Å². The van der Waals surface area contributed by atoms with Gasteiger partial charge in [-0.15, -0.1) is 0 Å². The van der Waals surface area contributed by atoms with Crippen molar-refractivity contribution >= 4 is 5.91 Å². The Hall–Kier alpha value is -3.15. The fourth-order valence-corrected chi connectivity index (χ4v) is 3.38. The number of nitrogens with zero attached hydrogens (tertiary/aromatic N) is 3. The van der Waals surface area contributed by atoms with Crippen LogP contribution in [0, 0.1) is 6.92 Å². The average Bonchev–Trinajstić information content (AvgIpc) is 3.29. The van der Waals surface area contributed by atoms with Gasteiger partial charge in [0.2, 0.25) is 17.6 Å². The van der Waals surface area contributed by atoms with Gasteiger partial charge in [0.15, 0.2) is 0 Å². The number of likely N-dealkylation sites (tertiary alicyclic amines) is 1. The van der Waals surface area contributed by atoms with Crippen LogP contribution in [0.15, 0.2) is 53.1 Å². The van der Waals surface area contributed by atoms with E-state index in [1.807, 2.05) is 60.4 Å². The first-order valence-corrected chi connectivity index (χ1v) is 8.94. The third-order valence-electron chi connectivity index (χ3n) is 4.79. The van der Waals surface area contributed by atoms with Gasteiger partial charge in [0.05, 0.1) is 13.0 Å². The van der Waals surface area contributed by atoms with Crippen molar-refractivity contribution in [2.24, 2.45) is 0 Å². The van der Waals surface area contributed by atoms with Crippen molar-refractivity contribution in [3.63, 3.8) is 0 Å². The molecule has 2 aromatic carbocycles. The lowest BCUT2D eigenvalue weighted by Gasteiger charge is -2.16. The van der Waals surface area contributed by atoms with Gasteiger partial charge in [-0.25, -0.2) is 0 Å². The van der Waals surface area contributed by atoms with E-state index in [-0.39, 0.29) is 11.8 Å². The number of aryl methyl sites for hydroxylation is 1. The van der Waals surface area contributed by atoms with Crippen LogP contribution in [0.5, 0.6) is 5.75 Å². The summed E-state index contributed by atoms with van der Waals surface area (Å²) < 4.78 is 10.7. The number of methoxy groups -OCH3 is 1.